The zero-order valence-corrected chi connectivity index (χ0v) is 35.5. The molecule has 0 spiro atoms. The van der Waals surface area contributed by atoms with E-state index in [1.165, 1.54) is 4.90 Å². The fraction of sp³-hybridized carbons (Fsp3) is 0.561. The maximum Gasteiger partial charge on any atom is 0.573 e. The van der Waals surface area contributed by atoms with Crippen molar-refractivity contribution in [1.29, 1.82) is 5.26 Å². The number of H-pyrrole nitrogens is 1. The maximum absolute atomic E-state index is 14.2. The number of aromatic nitrogens is 2. The number of carbonyl (C=O) groups excluding carboxylic acids is 3. The molecule has 4 aliphatic rings. The van der Waals surface area contributed by atoms with Gasteiger partial charge in [-0.3, -0.25) is 14.3 Å². The number of hydrogen-bond donors (Lipinski definition) is 5. The first-order valence-electron chi connectivity index (χ1n) is 21.1. The lowest BCUT2D eigenvalue weighted by atomic mass is 9.94. The van der Waals surface area contributed by atoms with Crippen molar-refractivity contribution < 1.29 is 73.7 Å². The van der Waals surface area contributed by atoms with Crippen LogP contribution in [0.25, 0.3) is 0 Å². The van der Waals surface area contributed by atoms with Gasteiger partial charge in [0.2, 0.25) is 11.9 Å². The van der Waals surface area contributed by atoms with E-state index in [0.29, 0.717) is 38.1 Å². The van der Waals surface area contributed by atoms with Crippen molar-refractivity contribution in [2.45, 2.75) is 94.9 Å². The first kappa shape index (κ1) is 50.1. The Hall–Kier alpha value is -6.36. The van der Waals surface area contributed by atoms with Crippen molar-refractivity contribution >= 4 is 23.9 Å². The van der Waals surface area contributed by atoms with Crippen LogP contribution in [0, 0.1) is 34.8 Å². The van der Waals surface area contributed by atoms with Crippen LogP contribution >= 0.6 is 0 Å². The average Bonchev–Trinajstić information content (AvgIpc) is 4.21. The molecule has 7 rings (SSSR count). The predicted octanol–water partition coefficient (Wildman–Crippen LogP) is 4.48. The number of ether oxygens (including phenoxy) is 2. The van der Waals surface area contributed by atoms with E-state index in [9.17, 15) is 64.7 Å². The number of alkyl halides is 6. The lowest BCUT2D eigenvalue weighted by Crippen LogP contribution is -2.56. The number of hydrogen-bond acceptors (Lipinski definition) is 12. The smallest absolute Gasteiger partial charge is 0.406 e. The van der Waals surface area contributed by atoms with Crippen LogP contribution < -0.4 is 30.8 Å². The minimum absolute atomic E-state index is 0.00250. The molecule has 18 nitrogen and oxygen atoms in total. The number of anilines is 1. The second-order valence-electron chi connectivity index (χ2n) is 16.4. The predicted molar refractivity (Wildman–Crippen MR) is 214 cm³/mol. The van der Waals surface area contributed by atoms with E-state index >= 15 is 0 Å². The van der Waals surface area contributed by atoms with Gasteiger partial charge in [0.1, 0.15) is 23.1 Å². The van der Waals surface area contributed by atoms with Crippen LogP contribution in [0.1, 0.15) is 56.1 Å². The Morgan fingerprint density at radius 2 is 1.33 bits per heavy atom. The molecular weight excluding hydrogens is 914 g/mol. The number of benzene rings is 2. The molecule has 4 fully saturated rings. The van der Waals surface area contributed by atoms with E-state index in [1.54, 1.807) is 14.7 Å². The highest BCUT2D eigenvalue weighted by atomic mass is 19.4. The highest BCUT2D eigenvalue weighted by molar-refractivity contribution is 5.78. The van der Waals surface area contributed by atoms with Crippen molar-refractivity contribution in [2.24, 2.45) is 11.8 Å². The van der Waals surface area contributed by atoms with Crippen LogP contribution in [0.5, 0.6) is 11.5 Å². The molecule has 0 radical (unpaired) electrons. The Bertz CT molecular complexity index is 2300. The molecule has 0 bridgehead atoms. The van der Waals surface area contributed by atoms with Gasteiger partial charge in [-0.1, -0.05) is 12.1 Å². The Morgan fingerprint density at radius 1 is 0.806 bits per heavy atom. The molecule has 5 N–H and O–H groups in total. The van der Waals surface area contributed by atoms with Crippen molar-refractivity contribution in [3.8, 4) is 17.6 Å². The minimum atomic E-state index is -4.94. The summed E-state index contributed by atoms with van der Waals surface area (Å²) in [7, 11) is 0. The van der Waals surface area contributed by atoms with Gasteiger partial charge in [-0.15, -0.1) is 26.3 Å². The monoisotopic (exact) mass is 961 g/mol. The van der Waals surface area contributed by atoms with E-state index in [2.05, 4.69) is 40.8 Å². The van der Waals surface area contributed by atoms with Crippen LogP contribution in [0.3, 0.4) is 0 Å². The van der Waals surface area contributed by atoms with Gasteiger partial charge in [0.05, 0.1) is 30.7 Å². The SMILES string of the molecule is N#C[C@H]1CC(N(C(=O)NCc2ccc(OC(F)(F)F)cc2F)C2CC2)CN(C(=O)CCO)C1.O=C(NCc1ccc(OC(F)(F)F)cc1F)N(C1CC1)[C@@H]1C[C@H](CO)CN(c2noc(=O)[nH]2)C1. The van der Waals surface area contributed by atoms with Crippen molar-refractivity contribution in [2.75, 3.05) is 44.3 Å². The summed E-state index contributed by atoms with van der Waals surface area (Å²) in [6.45, 7) is 0.240. The first-order valence-corrected chi connectivity index (χ1v) is 21.1. The number of amides is 5. The van der Waals surface area contributed by atoms with Gasteiger partial charge >= 0.3 is 30.5 Å². The molecule has 2 aromatic carbocycles. The lowest BCUT2D eigenvalue weighted by molar-refractivity contribution is -0.275. The third-order valence-electron chi connectivity index (χ3n) is 11.3. The highest BCUT2D eigenvalue weighted by Crippen LogP contribution is 2.35. The largest absolute Gasteiger partial charge is 0.573 e. The summed E-state index contributed by atoms with van der Waals surface area (Å²) in [6, 6.07) is 5.66. The fourth-order valence-corrected chi connectivity index (χ4v) is 8.09. The number of urea groups is 2. The van der Waals surface area contributed by atoms with E-state index in [1.807, 2.05) is 0 Å². The average molecular weight is 962 g/mol. The standard InChI is InChI=1S/C21H24F4N4O4.C20H23F4N5O5/c22-18-8-17(33-21(23,24)25)4-1-14(18)10-27-20(32)29(15-2-3-15)16-7-13(9-26)11-28(12-16)19(31)5-6-30;21-16-6-15(33-20(22,23)24)4-1-12(16)7-25-18(31)29(13-2-3-13)14-5-11(10-30)8-28(9-14)17-26-19(32)34-27-17/h1,4,8,13,15-16,30H,2-3,5-7,10-12H2,(H,27,32);1,4,6,11,13-14,30H,2-3,5,7-10H2,(H,25,31)(H,26,27,32)/t13-,16?;11-,14+/m10/s1. The Kier molecular flexibility index (Phi) is 16.1. The second-order valence-corrected chi connectivity index (χ2v) is 16.4. The number of piperidine rings is 2. The van der Waals surface area contributed by atoms with Gasteiger partial charge in [-0.05, 0) is 55.8 Å². The molecular formula is C41H47F8N9O9. The number of aliphatic hydroxyl groups is 2. The molecule has 2 aliphatic heterocycles. The molecule has 3 heterocycles. The van der Waals surface area contributed by atoms with Gasteiger partial charge in [-0.25, -0.2) is 23.2 Å². The summed E-state index contributed by atoms with van der Waals surface area (Å²) >= 11 is 0. The fourth-order valence-electron chi connectivity index (χ4n) is 8.09. The number of rotatable bonds is 14. The summed E-state index contributed by atoms with van der Waals surface area (Å²) in [5.74, 6) is -4.78. The normalized spacial score (nSPS) is 20.7. The summed E-state index contributed by atoms with van der Waals surface area (Å²) in [4.78, 5) is 58.5. The summed E-state index contributed by atoms with van der Waals surface area (Å²) < 4.78 is 114. The number of nitriles is 1. The van der Waals surface area contributed by atoms with Crippen molar-refractivity contribution in [1.82, 2.24) is 35.5 Å². The van der Waals surface area contributed by atoms with E-state index in [-0.39, 0.29) is 92.8 Å². The number of carbonyl (C=O) groups is 3. The van der Waals surface area contributed by atoms with Crippen LogP contribution in [-0.4, -0.2) is 129 Å². The highest BCUT2D eigenvalue weighted by Gasteiger charge is 2.43. The van der Waals surface area contributed by atoms with Crippen LogP contribution in [0.15, 0.2) is 45.7 Å². The third-order valence-corrected chi connectivity index (χ3v) is 11.3. The Morgan fingerprint density at radius 3 is 1.75 bits per heavy atom. The third kappa shape index (κ3) is 14.3. The molecule has 1 unspecified atom stereocenters. The van der Waals surface area contributed by atoms with E-state index in [0.717, 1.165) is 49.9 Å². The summed E-state index contributed by atoms with van der Waals surface area (Å²) in [6.07, 6.45) is -6.00. The Balaban J connectivity index is 0.000000221. The summed E-state index contributed by atoms with van der Waals surface area (Å²) in [5, 5.41) is 37.1. The molecule has 1 aromatic heterocycles. The first-order chi connectivity index (χ1) is 31.7. The van der Waals surface area contributed by atoms with Gasteiger partial charge in [0.25, 0.3) is 0 Å². The quantitative estimate of drug-likeness (QED) is 0.141. The number of likely N-dealkylation sites (tertiary alicyclic amines) is 1. The Labute approximate surface area is 376 Å². The zero-order chi connectivity index (χ0) is 48.6. The maximum atomic E-state index is 14.2. The van der Waals surface area contributed by atoms with Gasteiger partial charge in [0, 0.05) is 93.6 Å². The molecule has 2 aliphatic carbocycles. The number of nitrogens with one attached hydrogen (secondary N) is 3. The molecule has 26 heteroatoms. The van der Waals surface area contributed by atoms with E-state index < -0.39 is 65.6 Å². The molecule has 3 aromatic rings. The molecule has 2 saturated heterocycles. The zero-order valence-electron chi connectivity index (χ0n) is 35.5. The van der Waals surface area contributed by atoms with Gasteiger partial charge < -0.3 is 49.9 Å². The molecule has 67 heavy (non-hydrogen) atoms. The number of aliphatic hydroxyl groups excluding tert-OH is 2. The number of nitrogens with zero attached hydrogens (tertiary/aromatic N) is 6. The van der Waals surface area contributed by atoms with Crippen LogP contribution in [-0.2, 0) is 17.9 Å². The topological polar surface area (TPSA) is 230 Å². The number of halogens is 8. The second kappa shape index (κ2) is 21.5. The molecule has 366 valence electrons. The van der Waals surface area contributed by atoms with Crippen LogP contribution in [0.4, 0.5) is 50.7 Å². The lowest BCUT2D eigenvalue weighted by Gasteiger charge is -2.42. The molecule has 4 atom stereocenters. The van der Waals surface area contributed by atoms with Crippen LogP contribution in [0.2, 0.25) is 0 Å². The molecule has 2 saturated carbocycles. The summed E-state index contributed by atoms with van der Waals surface area (Å²) in [5.41, 5.74) is -0.0239. The molecule has 5 amide bonds. The van der Waals surface area contributed by atoms with Gasteiger partial charge in [0.15, 0.2) is 0 Å². The van der Waals surface area contributed by atoms with Gasteiger partial charge in [-0.2, -0.15) is 5.26 Å². The minimum Gasteiger partial charge on any atom is -0.406 e. The van der Waals surface area contributed by atoms with E-state index in [4.69, 9.17) is 5.11 Å². The number of aromatic amines is 1. The van der Waals surface area contributed by atoms with Crippen molar-refractivity contribution in [3.05, 3.63) is 69.7 Å². The van der Waals surface area contributed by atoms with Crippen molar-refractivity contribution in [3.63, 3.8) is 0 Å².